The average molecular weight is 1680 g/mol. The van der Waals surface area contributed by atoms with E-state index in [1.54, 1.807) is 79.8 Å². The van der Waals surface area contributed by atoms with Crippen molar-refractivity contribution in [3.05, 3.63) is 143 Å². The molecule has 13 heterocycles. The van der Waals surface area contributed by atoms with Crippen LogP contribution in [0.15, 0.2) is 117 Å². The molecule has 0 radical (unpaired) electrons. The number of nitrogens with one attached hydrogen (secondary N) is 11. The lowest BCUT2D eigenvalue weighted by molar-refractivity contribution is -0.142. The van der Waals surface area contributed by atoms with E-state index in [-0.39, 0.29) is 58.4 Å². The van der Waals surface area contributed by atoms with Gasteiger partial charge in [-0.1, -0.05) is 74.1 Å². The summed E-state index contributed by atoms with van der Waals surface area (Å²) in [5.74, 6) is -0.194. The Morgan fingerprint density at radius 3 is 1.33 bits per heavy atom. The maximum atomic E-state index is 14.7. The molecule has 4 amide bonds. The number of aromatic amines is 4. The molecule has 1 unspecified atom stereocenters. The van der Waals surface area contributed by atoms with E-state index in [9.17, 15) is 58.7 Å². The molecule has 0 aromatic carbocycles. The molecule has 28 nitrogen and oxygen atoms in total. The molecular formula is C73H87Cl4F9N24O4. The lowest BCUT2D eigenvalue weighted by atomic mass is 9.76. The summed E-state index contributed by atoms with van der Waals surface area (Å²) >= 11 is 24.1. The van der Waals surface area contributed by atoms with Crippen molar-refractivity contribution in [1.29, 1.82) is 0 Å². The first-order valence-corrected chi connectivity index (χ1v) is 37.0. The Hall–Kier alpha value is -11.3. The zero-order chi connectivity index (χ0) is 81.8. The van der Waals surface area contributed by atoms with Crippen molar-refractivity contribution in [3.63, 3.8) is 0 Å². The number of pyridine rings is 4. The van der Waals surface area contributed by atoms with Gasteiger partial charge < -0.3 is 62.1 Å². The Morgan fingerprint density at radius 1 is 0.535 bits per heavy atom. The maximum absolute atomic E-state index is 14.7. The largest absolute Gasteiger partial charge is 0.405 e. The van der Waals surface area contributed by atoms with Crippen LogP contribution in [-0.2, 0) is 19.2 Å². The lowest BCUT2D eigenvalue weighted by Crippen LogP contribution is -2.58. The van der Waals surface area contributed by atoms with E-state index >= 15 is 0 Å². The van der Waals surface area contributed by atoms with Gasteiger partial charge in [0.05, 0.1) is 32.8 Å². The number of alkyl halides is 8. The number of piperidine rings is 1. The van der Waals surface area contributed by atoms with Crippen LogP contribution in [0.3, 0.4) is 0 Å². The zero-order valence-electron chi connectivity index (χ0n) is 61.1. The number of carbonyl (C=O) groups excluding carboxylic acids is 4. The molecule has 0 spiro atoms. The van der Waals surface area contributed by atoms with Crippen LogP contribution < -0.4 is 42.1 Å². The molecule has 1 saturated carbocycles. The third-order valence-electron chi connectivity index (χ3n) is 17.9. The molecule has 3 atom stereocenters. The molecule has 1 saturated heterocycles. The van der Waals surface area contributed by atoms with Crippen LogP contribution in [-0.4, -0.2) is 179 Å². The predicted octanol–water partition coefficient (Wildman–Crippen LogP) is 16.0. The van der Waals surface area contributed by atoms with Crippen molar-refractivity contribution >= 4 is 137 Å². The molecular weight excluding hydrogens is 1590 g/mol. The van der Waals surface area contributed by atoms with Gasteiger partial charge in [0, 0.05) is 135 Å². The average Bonchev–Trinajstić information content (AvgIpc) is 1.78. The van der Waals surface area contributed by atoms with Gasteiger partial charge in [0.1, 0.15) is 76.8 Å². The van der Waals surface area contributed by atoms with Gasteiger partial charge in [0.15, 0.2) is 34.9 Å². The molecule has 0 bridgehead atoms. The number of aromatic nitrogens is 16. The SMILES string of the molecule is CC(C)[C@@H](Nc1ccnc(-c2c[nH]c3ncc(Cl)cc23)n1)C(=O)NCC(F)F.CCNC(=O)C(Nc1ccnc(-c2c[nH]c3ncc(Cl)cc23)n1)C(C)C.O=C(NCC(F)(F)F)C1(Nc2ccnc(-c3c[nH]c4ncc(Cl)cc34)n2)CCC1.O=C(NCC(F)(F)F)[C@@H]1CCCCN1c1nc(-c2c[nH]c3ncc(Cl)cc23)ncc1F.[HH].[HH].[HH].[HH].[HH].[HH].[HH]. The molecule has 41 heteroatoms. The van der Waals surface area contributed by atoms with Gasteiger partial charge in [0.2, 0.25) is 23.6 Å². The topological polar surface area (TPSA) is 374 Å². The molecule has 614 valence electrons. The maximum Gasteiger partial charge on any atom is 0.405 e. The normalized spacial score (nSPS) is 14.6. The van der Waals surface area contributed by atoms with E-state index in [0.717, 1.165) is 34.3 Å². The number of halogens is 13. The van der Waals surface area contributed by atoms with Gasteiger partial charge in [-0.2, -0.15) is 26.3 Å². The standard InChI is InChI=1S/C19H17ClF4N6O.C18H16ClF3N6O.C18H19ClF2N6O.C18H21ClN6O.7H2/c20-10-5-11-12(7-26-15(11)25-6-10)16-27-8-13(21)17(29-16)30-4-2-1-3-14(30)18(31)28-9-19(22,23)24;19-10-6-11-12(8-25-14(11)24-7-10)15-23-5-2-13(27-15)28-17(3-1-4-17)16(29)26-9-18(20,21)22;1-9(2)15(18(28)25-8-13(20)21)26-14-3-4-22-17(27-14)12-7-24-16-11(12)5-10(19)6-23-16;1-4-20-18(26)15(10(2)3)24-14-5-6-21-17(25-14)13-9-23-16-12(13)7-11(19)8-22-16;;;;;;;/h5-8,14H,1-4,9H2,(H,25,26)(H,28,31);2,5-8H,1,3-4,9H2,(H,24,25)(H,26,29)(H,23,27,28);3-7,9,13,15H,8H2,1-2H3,(H,23,24)(H,25,28)(H,22,26,27);5-10,15H,4H2,1-3H3,(H,20,26)(H,22,23)(H,21,24,25);7*1H/t14-;;15-;;;;;;;;/m0.1......../s1. The molecule has 12 aromatic rings. The number of fused-ring (bicyclic) bond motifs is 4. The minimum atomic E-state index is -4.53. The Balaban J connectivity index is 0.000000333. The van der Waals surface area contributed by atoms with Crippen molar-refractivity contribution in [2.75, 3.05) is 53.6 Å². The second-order valence-corrected chi connectivity index (χ2v) is 28.6. The Bertz CT molecular complexity index is 5430. The number of likely N-dealkylation sites (N-methyl/N-ethyl adjacent to an activating group) is 1. The minimum absolute atomic E-state index is 0. The monoisotopic (exact) mass is 1670 g/mol. The molecule has 12 aromatic heterocycles. The quantitative estimate of drug-likeness (QED) is 0.0281. The van der Waals surface area contributed by atoms with Crippen LogP contribution in [0.2, 0.25) is 20.1 Å². The fourth-order valence-corrected chi connectivity index (χ4v) is 12.9. The van der Waals surface area contributed by atoms with Crippen molar-refractivity contribution < 1.29 is 68.7 Å². The predicted molar refractivity (Wildman–Crippen MR) is 429 cm³/mol. The zero-order valence-corrected chi connectivity index (χ0v) is 64.1. The first kappa shape index (κ1) is 83.6. The molecule has 2 fully saturated rings. The highest BCUT2D eigenvalue weighted by Crippen LogP contribution is 2.38. The van der Waals surface area contributed by atoms with Crippen molar-refractivity contribution in [1.82, 2.24) is 101 Å². The molecule has 114 heavy (non-hydrogen) atoms. The highest BCUT2D eigenvalue weighted by molar-refractivity contribution is 6.32. The van der Waals surface area contributed by atoms with Crippen LogP contribution in [0, 0.1) is 17.7 Å². The van der Waals surface area contributed by atoms with Gasteiger partial charge in [0.25, 0.3) is 6.43 Å². The van der Waals surface area contributed by atoms with E-state index in [0.29, 0.717) is 132 Å². The fraction of sp³-hybridized carbons (Fsp3) is 0.342. The van der Waals surface area contributed by atoms with Crippen LogP contribution in [0.1, 0.15) is 83.1 Å². The van der Waals surface area contributed by atoms with Gasteiger partial charge in [-0.15, -0.1) is 0 Å². The Kier molecular flexibility index (Phi) is 26.9. The summed E-state index contributed by atoms with van der Waals surface area (Å²) in [7, 11) is 0. The highest BCUT2D eigenvalue weighted by atomic mass is 35.5. The molecule has 11 N–H and O–H groups in total. The summed E-state index contributed by atoms with van der Waals surface area (Å²) in [5.41, 5.74) is 4.12. The lowest BCUT2D eigenvalue weighted by Gasteiger charge is -2.41. The van der Waals surface area contributed by atoms with Crippen molar-refractivity contribution in [2.45, 2.75) is 116 Å². The summed E-state index contributed by atoms with van der Waals surface area (Å²) in [6, 6.07) is 9.84. The van der Waals surface area contributed by atoms with Gasteiger partial charge in [-0.3, -0.25) is 19.2 Å². The summed E-state index contributed by atoms with van der Waals surface area (Å²) in [6.07, 6.45) is 10.2. The third kappa shape index (κ3) is 21.1. The highest BCUT2D eigenvalue weighted by Gasteiger charge is 2.46. The smallest absolute Gasteiger partial charge is 0.358 e. The number of H-pyrrole nitrogens is 4. The third-order valence-corrected chi connectivity index (χ3v) is 18.8. The van der Waals surface area contributed by atoms with E-state index < -0.39 is 79.6 Å². The number of hydrogen-bond acceptors (Lipinski definition) is 20. The van der Waals surface area contributed by atoms with Gasteiger partial charge in [-0.25, -0.2) is 73.0 Å². The molecule has 14 rings (SSSR count). The molecule has 2 aliphatic rings. The number of anilines is 4. The second-order valence-electron chi connectivity index (χ2n) is 26.8. The summed E-state index contributed by atoms with van der Waals surface area (Å²) in [5, 5.41) is 23.0. The van der Waals surface area contributed by atoms with Gasteiger partial charge in [-0.05, 0) is 99.7 Å². The Labute approximate surface area is 673 Å². The summed E-state index contributed by atoms with van der Waals surface area (Å²) in [4.78, 5) is 114. The number of amides is 4. The molecule has 1 aliphatic heterocycles. The van der Waals surface area contributed by atoms with Crippen LogP contribution in [0.25, 0.3) is 89.7 Å². The van der Waals surface area contributed by atoms with E-state index in [4.69, 9.17) is 46.4 Å². The van der Waals surface area contributed by atoms with E-state index in [2.05, 4.69) is 106 Å². The van der Waals surface area contributed by atoms with Crippen LogP contribution >= 0.6 is 46.4 Å². The van der Waals surface area contributed by atoms with Crippen LogP contribution in [0.4, 0.5) is 62.8 Å². The van der Waals surface area contributed by atoms with E-state index in [1.165, 1.54) is 29.7 Å². The second kappa shape index (κ2) is 36.7. The molecule has 1 aliphatic carbocycles. The Morgan fingerprint density at radius 2 is 0.939 bits per heavy atom. The number of carbonyl (C=O) groups is 4. The van der Waals surface area contributed by atoms with E-state index in [1.807, 2.05) is 51.3 Å². The minimum Gasteiger partial charge on any atom is -0.358 e. The van der Waals surface area contributed by atoms with Crippen molar-refractivity contribution in [2.24, 2.45) is 11.8 Å². The van der Waals surface area contributed by atoms with Crippen molar-refractivity contribution in [3.8, 4) is 45.6 Å². The summed E-state index contributed by atoms with van der Waals surface area (Å²) in [6.45, 7) is 6.86. The number of nitrogens with zero attached hydrogens (tertiary/aromatic N) is 13. The summed E-state index contributed by atoms with van der Waals surface area (Å²) < 4.78 is 114. The first-order chi connectivity index (χ1) is 54.3. The van der Waals surface area contributed by atoms with Crippen LogP contribution in [0.5, 0.6) is 0 Å². The number of rotatable bonds is 22. The van der Waals surface area contributed by atoms with Gasteiger partial charge >= 0.3 is 12.4 Å². The first-order valence-electron chi connectivity index (χ1n) is 35.5. The fourth-order valence-electron chi connectivity index (χ4n) is 12.3. The number of hydrogen-bond donors (Lipinski definition) is 11.